The Morgan fingerprint density at radius 3 is 2.43 bits per heavy atom. The van der Waals surface area contributed by atoms with Gasteiger partial charge in [0.15, 0.2) is 23.8 Å². The lowest BCUT2D eigenvalue weighted by Gasteiger charge is -2.28. The van der Waals surface area contributed by atoms with Gasteiger partial charge in [0.25, 0.3) is 0 Å². The fraction of sp³-hybridized carbons (Fsp3) is 0.333. The largest absolute Gasteiger partial charge is 0.493 e. The number of nitrogens with one attached hydrogen (secondary N) is 1. The van der Waals surface area contributed by atoms with Crippen LogP contribution in [0.3, 0.4) is 0 Å². The van der Waals surface area contributed by atoms with Crippen LogP contribution in [0.25, 0.3) is 10.9 Å². The van der Waals surface area contributed by atoms with E-state index in [-0.39, 0.29) is 33.5 Å². The summed E-state index contributed by atoms with van der Waals surface area (Å²) in [5, 5.41) is 42.0. The Balaban J connectivity index is 0.00000432. The van der Waals surface area contributed by atoms with Crippen molar-refractivity contribution in [2.75, 3.05) is 25.6 Å². The molecule has 0 aliphatic rings. The predicted octanol–water partition coefficient (Wildman–Crippen LogP) is 1.90. The first-order valence-corrected chi connectivity index (χ1v) is 11.0. The van der Waals surface area contributed by atoms with E-state index >= 15 is 0 Å². The SMILES string of the molecule is COc1cc2c(Nc3cc(Cl)c(Br)cc3F)ncnc2cc1O[C@H](CO)[C@H](O)[C@@H](O)[C@H](F)CO.O. The first-order chi connectivity index (χ1) is 16.2. The molecule has 3 rings (SSSR count). The Bertz CT molecular complexity index is 1160. The Kier molecular flexibility index (Phi) is 10.3. The number of halogens is 4. The number of fused-ring (bicyclic) bond motifs is 1. The Morgan fingerprint density at radius 2 is 1.80 bits per heavy atom. The van der Waals surface area contributed by atoms with Crippen LogP contribution < -0.4 is 14.8 Å². The van der Waals surface area contributed by atoms with Crippen molar-refractivity contribution in [1.82, 2.24) is 9.97 Å². The van der Waals surface area contributed by atoms with E-state index in [1.54, 1.807) is 0 Å². The fourth-order valence-corrected chi connectivity index (χ4v) is 3.56. The van der Waals surface area contributed by atoms with Gasteiger partial charge in [-0.2, -0.15) is 0 Å². The first kappa shape index (κ1) is 28.8. The summed E-state index contributed by atoms with van der Waals surface area (Å²) in [4.78, 5) is 8.29. The highest BCUT2D eigenvalue weighted by Gasteiger charge is 2.34. The van der Waals surface area contributed by atoms with Gasteiger partial charge in [-0.1, -0.05) is 11.6 Å². The normalized spacial score (nSPS) is 14.5. The molecule has 0 bridgehead atoms. The molecule has 35 heavy (non-hydrogen) atoms. The molecule has 0 spiro atoms. The van der Waals surface area contributed by atoms with Crippen LogP contribution in [-0.2, 0) is 0 Å². The first-order valence-electron chi connectivity index (χ1n) is 9.83. The molecule has 14 heteroatoms. The van der Waals surface area contributed by atoms with Gasteiger partial charge in [-0.25, -0.2) is 18.7 Å². The van der Waals surface area contributed by atoms with E-state index in [1.165, 1.54) is 37.7 Å². The zero-order chi connectivity index (χ0) is 25.0. The Morgan fingerprint density at radius 1 is 1.09 bits per heavy atom. The van der Waals surface area contributed by atoms with Crippen LogP contribution in [0.1, 0.15) is 0 Å². The van der Waals surface area contributed by atoms with Crippen LogP contribution in [0.15, 0.2) is 35.1 Å². The number of methoxy groups -OCH3 is 1. The van der Waals surface area contributed by atoms with Crippen molar-refractivity contribution in [3.05, 3.63) is 45.9 Å². The highest BCUT2D eigenvalue weighted by atomic mass is 79.9. The molecule has 2 aromatic carbocycles. The minimum Gasteiger partial charge on any atom is -0.493 e. The number of hydrogen-bond acceptors (Lipinski definition) is 9. The van der Waals surface area contributed by atoms with Gasteiger partial charge in [0.2, 0.25) is 0 Å². The maximum absolute atomic E-state index is 14.4. The lowest BCUT2D eigenvalue weighted by Crippen LogP contribution is -2.48. The summed E-state index contributed by atoms with van der Waals surface area (Å²) in [7, 11) is 1.33. The van der Waals surface area contributed by atoms with Crippen LogP contribution in [0, 0.1) is 5.82 Å². The zero-order valence-corrected chi connectivity index (χ0v) is 20.5. The molecule has 0 radical (unpaired) electrons. The molecule has 10 nitrogen and oxygen atoms in total. The van der Waals surface area contributed by atoms with Gasteiger partial charge in [-0.15, -0.1) is 0 Å². The molecule has 4 atom stereocenters. The molecule has 1 heterocycles. The molecule has 0 saturated carbocycles. The summed E-state index contributed by atoms with van der Waals surface area (Å²) < 4.78 is 39.3. The van der Waals surface area contributed by atoms with Crippen molar-refractivity contribution in [2.24, 2.45) is 0 Å². The molecule has 0 saturated heterocycles. The topological polar surface area (TPSA) is 169 Å². The van der Waals surface area contributed by atoms with Gasteiger partial charge in [-0.05, 0) is 34.1 Å². The second kappa shape index (κ2) is 12.5. The summed E-state index contributed by atoms with van der Waals surface area (Å²) in [6.45, 7) is -1.80. The third kappa shape index (κ3) is 6.44. The van der Waals surface area contributed by atoms with Gasteiger partial charge in [0.05, 0.1) is 36.6 Å². The average molecular weight is 583 g/mol. The number of ether oxygens (including phenoxy) is 2. The number of hydrogen-bond donors (Lipinski definition) is 5. The quantitative estimate of drug-likeness (QED) is 0.224. The highest BCUT2D eigenvalue weighted by Crippen LogP contribution is 2.37. The monoisotopic (exact) mass is 581 g/mol. The van der Waals surface area contributed by atoms with Crippen LogP contribution in [-0.4, -0.2) is 80.7 Å². The minimum atomic E-state index is -2.14. The van der Waals surface area contributed by atoms with E-state index in [2.05, 4.69) is 31.2 Å². The number of aliphatic hydroxyl groups is 4. The number of benzene rings is 2. The third-order valence-electron chi connectivity index (χ3n) is 4.92. The van der Waals surface area contributed by atoms with E-state index < -0.39 is 43.5 Å². The van der Waals surface area contributed by atoms with Crippen molar-refractivity contribution < 1.29 is 44.2 Å². The smallest absolute Gasteiger partial charge is 0.164 e. The summed E-state index contributed by atoms with van der Waals surface area (Å²) in [5.74, 6) is -0.215. The molecule has 0 aliphatic carbocycles. The van der Waals surface area contributed by atoms with Gasteiger partial charge >= 0.3 is 0 Å². The van der Waals surface area contributed by atoms with Crippen molar-refractivity contribution >= 4 is 49.9 Å². The fourth-order valence-electron chi connectivity index (χ4n) is 3.08. The van der Waals surface area contributed by atoms with Crippen molar-refractivity contribution in [2.45, 2.75) is 24.5 Å². The number of rotatable bonds is 10. The van der Waals surface area contributed by atoms with Crippen molar-refractivity contribution in [3.63, 3.8) is 0 Å². The average Bonchev–Trinajstić information content (AvgIpc) is 2.83. The maximum atomic E-state index is 14.4. The number of nitrogens with zero attached hydrogens (tertiary/aromatic N) is 2. The molecule has 3 aromatic rings. The second-order valence-electron chi connectivity index (χ2n) is 7.13. The Hall–Kier alpha value is -2.39. The maximum Gasteiger partial charge on any atom is 0.164 e. The molecule has 0 fully saturated rings. The van der Waals surface area contributed by atoms with E-state index in [0.29, 0.717) is 15.4 Å². The zero-order valence-electron chi connectivity index (χ0n) is 18.1. The summed E-state index contributed by atoms with van der Waals surface area (Å²) >= 11 is 9.21. The highest BCUT2D eigenvalue weighted by molar-refractivity contribution is 9.10. The molecular weight excluding hydrogens is 560 g/mol. The van der Waals surface area contributed by atoms with Crippen LogP contribution in [0.2, 0.25) is 5.02 Å². The van der Waals surface area contributed by atoms with E-state index in [1.807, 2.05) is 0 Å². The number of aromatic nitrogens is 2. The molecule has 0 amide bonds. The molecule has 0 aliphatic heterocycles. The van der Waals surface area contributed by atoms with E-state index in [4.69, 9.17) is 26.2 Å². The Labute approximate surface area is 211 Å². The number of anilines is 2. The van der Waals surface area contributed by atoms with Gasteiger partial charge < -0.3 is 40.7 Å². The van der Waals surface area contributed by atoms with Crippen LogP contribution >= 0.6 is 27.5 Å². The number of alkyl halides is 1. The molecule has 7 N–H and O–H groups in total. The van der Waals surface area contributed by atoms with Crippen LogP contribution in [0.5, 0.6) is 11.5 Å². The summed E-state index contributed by atoms with van der Waals surface area (Å²) in [6.07, 6.45) is -6.24. The van der Waals surface area contributed by atoms with Crippen molar-refractivity contribution in [3.8, 4) is 11.5 Å². The predicted molar refractivity (Wildman–Crippen MR) is 128 cm³/mol. The van der Waals surface area contributed by atoms with Gasteiger partial charge in [0, 0.05) is 15.9 Å². The van der Waals surface area contributed by atoms with E-state index in [0.717, 1.165) is 0 Å². The molecular formula is C21H23BrClF2N3O7. The molecule has 0 unspecified atom stereocenters. The third-order valence-corrected chi connectivity index (χ3v) is 6.11. The lowest BCUT2D eigenvalue weighted by molar-refractivity contribution is -0.0981. The number of aliphatic hydroxyl groups excluding tert-OH is 4. The molecule has 1 aromatic heterocycles. The summed E-state index contributed by atoms with van der Waals surface area (Å²) in [5.41, 5.74) is 0.386. The lowest BCUT2D eigenvalue weighted by atomic mass is 10.0. The van der Waals surface area contributed by atoms with Crippen molar-refractivity contribution in [1.29, 1.82) is 0 Å². The van der Waals surface area contributed by atoms with E-state index in [9.17, 15) is 24.1 Å². The molecule has 192 valence electrons. The second-order valence-corrected chi connectivity index (χ2v) is 8.39. The van der Waals surface area contributed by atoms with Gasteiger partial charge in [-0.3, -0.25) is 0 Å². The minimum absolute atomic E-state index is 0. The van der Waals surface area contributed by atoms with Crippen LogP contribution in [0.4, 0.5) is 20.3 Å². The van der Waals surface area contributed by atoms with Gasteiger partial charge in [0.1, 0.15) is 30.2 Å². The summed E-state index contributed by atoms with van der Waals surface area (Å²) in [6, 6.07) is 5.47. The standard InChI is InChI=1S/C21H21BrClF2N3O6.H2O/c1-33-16-2-9-14(5-17(16)34-18(7-30)20(32)19(31)13(25)6-29)26-8-27-21(9)28-15-4-11(23)10(22)3-12(15)24;/h2-5,8,13,18-20,29-32H,6-7H2,1H3,(H,26,27,28);1H2/t13-,18-,19+,20+;/m1./s1.